The summed E-state index contributed by atoms with van der Waals surface area (Å²) in [4.78, 5) is 34.5. The Labute approximate surface area is 164 Å². The van der Waals surface area contributed by atoms with E-state index in [1.807, 2.05) is 13.2 Å². The van der Waals surface area contributed by atoms with Gasteiger partial charge in [-0.2, -0.15) is 0 Å². The zero-order valence-corrected chi connectivity index (χ0v) is 16.5. The van der Waals surface area contributed by atoms with E-state index in [0.29, 0.717) is 51.8 Å². The van der Waals surface area contributed by atoms with E-state index in [9.17, 15) is 9.59 Å². The smallest absolute Gasteiger partial charge is 0.256 e. The van der Waals surface area contributed by atoms with E-state index in [0.717, 1.165) is 17.8 Å². The Hall–Kier alpha value is -2.09. The van der Waals surface area contributed by atoms with Gasteiger partial charge in [-0.25, -0.2) is 4.98 Å². The van der Waals surface area contributed by atoms with Crippen molar-refractivity contribution < 1.29 is 4.42 Å². The molecule has 4 rings (SSSR count). The normalized spacial score (nSPS) is 14.5. The fourth-order valence-corrected chi connectivity index (χ4v) is 3.89. The molecule has 0 spiro atoms. The largest absolute Gasteiger partial charge is 0.464 e. The molecule has 8 heteroatoms. The Balaban J connectivity index is 1.64. The summed E-state index contributed by atoms with van der Waals surface area (Å²) in [5.74, 6) is 0. The number of aromatic amines is 1. The SMILES string of the molecule is CSc1nc2c(c(=O)[nH]1)CN(Cc1coc3cc(C)c(Cl)cc3c1=O)CC2. The molecule has 1 aliphatic heterocycles. The Morgan fingerprint density at radius 3 is 2.96 bits per heavy atom. The number of benzene rings is 1. The van der Waals surface area contributed by atoms with Crippen LogP contribution in [0.2, 0.25) is 5.02 Å². The number of aromatic nitrogens is 2. The molecule has 0 bridgehead atoms. The summed E-state index contributed by atoms with van der Waals surface area (Å²) in [6.45, 7) is 3.46. The van der Waals surface area contributed by atoms with Crippen LogP contribution in [0.3, 0.4) is 0 Å². The molecule has 0 fully saturated rings. The highest BCUT2D eigenvalue weighted by Gasteiger charge is 2.22. The first-order valence-electron chi connectivity index (χ1n) is 8.55. The first-order valence-corrected chi connectivity index (χ1v) is 10.2. The molecule has 0 amide bonds. The molecular weight excluding hydrogens is 386 g/mol. The minimum Gasteiger partial charge on any atom is -0.464 e. The van der Waals surface area contributed by atoms with Crippen LogP contribution in [-0.2, 0) is 19.5 Å². The van der Waals surface area contributed by atoms with E-state index in [1.54, 1.807) is 12.1 Å². The molecule has 3 heterocycles. The van der Waals surface area contributed by atoms with Crippen molar-refractivity contribution in [3.8, 4) is 0 Å². The first kappa shape index (κ1) is 18.3. The summed E-state index contributed by atoms with van der Waals surface area (Å²) >= 11 is 7.58. The maximum absolute atomic E-state index is 12.8. The average molecular weight is 404 g/mol. The van der Waals surface area contributed by atoms with E-state index >= 15 is 0 Å². The molecule has 1 aliphatic rings. The maximum Gasteiger partial charge on any atom is 0.256 e. The highest BCUT2D eigenvalue weighted by molar-refractivity contribution is 7.98. The van der Waals surface area contributed by atoms with Gasteiger partial charge < -0.3 is 9.40 Å². The van der Waals surface area contributed by atoms with Gasteiger partial charge >= 0.3 is 0 Å². The third-order valence-corrected chi connectivity index (χ3v) is 5.83. The molecule has 0 atom stereocenters. The van der Waals surface area contributed by atoms with Crippen LogP contribution in [0.15, 0.2) is 37.6 Å². The lowest BCUT2D eigenvalue weighted by Crippen LogP contribution is -2.36. The number of nitrogens with zero attached hydrogens (tertiary/aromatic N) is 2. The fourth-order valence-electron chi connectivity index (χ4n) is 3.33. The maximum atomic E-state index is 12.8. The minimum absolute atomic E-state index is 0.0892. The molecule has 2 aromatic heterocycles. The van der Waals surface area contributed by atoms with Gasteiger partial charge in [0, 0.05) is 36.6 Å². The molecule has 0 radical (unpaired) electrons. The summed E-state index contributed by atoms with van der Waals surface area (Å²) in [5, 5.41) is 1.65. The molecular formula is C19H18ClN3O3S. The van der Waals surface area contributed by atoms with Crippen LogP contribution >= 0.6 is 23.4 Å². The molecule has 1 aromatic carbocycles. The molecule has 1 N–H and O–H groups in total. The molecule has 3 aromatic rings. The van der Waals surface area contributed by atoms with Crippen molar-refractivity contribution in [1.82, 2.24) is 14.9 Å². The molecule has 6 nitrogen and oxygen atoms in total. The van der Waals surface area contributed by atoms with Gasteiger partial charge in [0.25, 0.3) is 5.56 Å². The van der Waals surface area contributed by atoms with Gasteiger partial charge in [0.05, 0.1) is 22.9 Å². The van der Waals surface area contributed by atoms with Crippen molar-refractivity contribution in [1.29, 1.82) is 0 Å². The van der Waals surface area contributed by atoms with Gasteiger partial charge in [-0.3, -0.25) is 14.5 Å². The number of aryl methyl sites for hydroxylation is 1. The van der Waals surface area contributed by atoms with Gasteiger partial charge in [-0.1, -0.05) is 23.4 Å². The summed E-state index contributed by atoms with van der Waals surface area (Å²) in [6, 6.07) is 3.43. The van der Waals surface area contributed by atoms with E-state index in [2.05, 4.69) is 14.9 Å². The van der Waals surface area contributed by atoms with Crippen molar-refractivity contribution in [2.75, 3.05) is 12.8 Å². The summed E-state index contributed by atoms with van der Waals surface area (Å²) in [7, 11) is 0. The molecule has 0 saturated carbocycles. The number of nitrogens with one attached hydrogen (secondary N) is 1. The van der Waals surface area contributed by atoms with Crippen LogP contribution in [0.1, 0.15) is 22.4 Å². The van der Waals surface area contributed by atoms with Crippen molar-refractivity contribution >= 4 is 34.3 Å². The predicted molar refractivity (Wildman–Crippen MR) is 107 cm³/mol. The summed E-state index contributed by atoms with van der Waals surface area (Å²) < 4.78 is 5.66. The summed E-state index contributed by atoms with van der Waals surface area (Å²) in [5.41, 5.74) is 3.26. The van der Waals surface area contributed by atoms with Crippen molar-refractivity contribution in [3.05, 3.63) is 66.4 Å². The highest BCUT2D eigenvalue weighted by atomic mass is 35.5. The Kier molecular flexibility index (Phi) is 4.84. The van der Waals surface area contributed by atoms with Crippen LogP contribution in [0.5, 0.6) is 0 Å². The third kappa shape index (κ3) is 3.42. The standard InChI is InChI=1S/C19H18ClN3O3S/c1-10-5-16-12(6-14(10)20)17(24)11(9-26-16)7-23-4-3-15-13(8-23)18(25)22-19(21-15)27-2/h5-6,9H,3-4,7-8H2,1-2H3,(H,21,22,25). The fraction of sp³-hybridized carbons (Fsp3) is 0.316. The lowest BCUT2D eigenvalue weighted by molar-refractivity contribution is 0.238. The van der Waals surface area contributed by atoms with E-state index in [1.165, 1.54) is 18.0 Å². The topological polar surface area (TPSA) is 79.2 Å². The van der Waals surface area contributed by atoms with Gasteiger partial charge in [0.1, 0.15) is 5.58 Å². The second-order valence-electron chi connectivity index (χ2n) is 6.65. The predicted octanol–water partition coefficient (Wildman–Crippen LogP) is 3.12. The number of thioether (sulfide) groups is 1. The number of hydrogen-bond acceptors (Lipinski definition) is 6. The third-order valence-electron chi connectivity index (χ3n) is 4.84. The monoisotopic (exact) mass is 403 g/mol. The number of H-pyrrole nitrogens is 1. The van der Waals surface area contributed by atoms with Crippen LogP contribution in [0.4, 0.5) is 0 Å². The number of hydrogen-bond donors (Lipinski definition) is 1. The minimum atomic E-state index is -0.109. The zero-order valence-electron chi connectivity index (χ0n) is 15.0. The van der Waals surface area contributed by atoms with Crippen LogP contribution in [0.25, 0.3) is 11.0 Å². The van der Waals surface area contributed by atoms with Crippen molar-refractivity contribution in [3.63, 3.8) is 0 Å². The number of fused-ring (bicyclic) bond motifs is 2. The van der Waals surface area contributed by atoms with Crippen LogP contribution in [-0.4, -0.2) is 27.7 Å². The number of rotatable bonds is 3. The molecule has 27 heavy (non-hydrogen) atoms. The quantitative estimate of drug-likeness (QED) is 0.534. The molecule has 0 aliphatic carbocycles. The van der Waals surface area contributed by atoms with E-state index in [4.69, 9.17) is 16.0 Å². The van der Waals surface area contributed by atoms with Gasteiger partial charge in [-0.05, 0) is 30.9 Å². The van der Waals surface area contributed by atoms with Crippen molar-refractivity contribution in [2.24, 2.45) is 0 Å². The summed E-state index contributed by atoms with van der Waals surface area (Å²) in [6.07, 6.45) is 4.07. The van der Waals surface area contributed by atoms with Gasteiger partial charge in [0.15, 0.2) is 10.6 Å². The second-order valence-corrected chi connectivity index (χ2v) is 7.85. The lowest BCUT2D eigenvalue weighted by atomic mass is 10.1. The van der Waals surface area contributed by atoms with Gasteiger partial charge in [0.2, 0.25) is 0 Å². The zero-order chi connectivity index (χ0) is 19.1. The lowest BCUT2D eigenvalue weighted by Gasteiger charge is -2.27. The highest BCUT2D eigenvalue weighted by Crippen LogP contribution is 2.23. The Bertz CT molecular complexity index is 1160. The average Bonchev–Trinajstić information content (AvgIpc) is 2.66. The second kappa shape index (κ2) is 7.14. The molecule has 0 saturated heterocycles. The van der Waals surface area contributed by atoms with Gasteiger partial charge in [-0.15, -0.1) is 0 Å². The first-order chi connectivity index (χ1) is 13.0. The molecule has 0 unspecified atom stereocenters. The van der Waals surface area contributed by atoms with E-state index < -0.39 is 0 Å². The van der Waals surface area contributed by atoms with Crippen molar-refractivity contribution in [2.45, 2.75) is 31.6 Å². The molecule has 140 valence electrons. The van der Waals surface area contributed by atoms with Crippen LogP contribution < -0.4 is 11.0 Å². The number of halogens is 1. The Morgan fingerprint density at radius 2 is 2.19 bits per heavy atom. The Morgan fingerprint density at radius 1 is 1.37 bits per heavy atom. The van der Waals surface area contributed by atoms with E-state index in [-0.39, 0.29) is 11.0 Å². The van der Waals surface area contributed by atoms with Crippen LogP contribution in [0, 0.1) is 6.92 Å².